The van der Waals surface area contributed by atoms with Gasteiger partial charge in [0.05, 0.1) is 4.90 Å². The summed E-state index contributed by atoms with van der Waals surface area (Å²) in [6.45, 7) is 7.32. The minimum absolute atomic E-state index is 0.237. The molecule has 162 valence electrons. The summed E-state index contributed by atoms with van der Waals surface area (Å²) >= 11 is 0. The zero-order chi connectivity index (χ0) is 20.7. The lowest BCUT2D eigenvalue weighted by Gasteiger charge is -2.31. The summed E-state index contributed by atoms with van der Waals surface area (Å²) < 4.78 is 27.2. The molecule has 1 aromatic carbocycles. The molecule has 0 radical (unpaired) electrons. The predicted octanol–water partition coefficient (Wildman–Crippen LogP) is 3.10. The molecule has 3 rings (SSSR count). The first-order valence-corrected chi connectivity index (χ1v) is 12.3. The highest BCUT2D eigenvalue weighted by Gasteiger charge is 2.26. The van der Waals surface area contributed by atoms with Gasteiger partial charge in [0.25, 0.3) is 0 Å². The molecule has 1 aromatic rings. The van der Waals surface area contributed by atoms with Crippen molar-refractivity contribution in [3.8, 4) is 0 Å². The normalized spacial score (nSPS) is 19.8. The van der Waals surface area contributed by atoms with Gasteiger partial charge < -0.3 is 15.5 Å². The van der Waals surface area contributed by atoms with Crippen LogP contribution in [0.5, 0.6) is 0 Å². The number of hydrogen-bond acceptors (Lipinski definition) is 4. The molecule has 7 nitrogen and oxygen atoms in total. The number of likely N-dealkylation sites (tertiary alicyclic amines) is 1. The predicted molar refractivity (Wildman–Crippen MR) is 116 cm³/mol. The van der Waals surface area contributed by atoms with Crippen LogP contribution in [0.3, 0.4) is 0 Å². The van der Waals surface area contributed by atoms with Crippen molar-refractivity contribution in [3.05, 3.63) is 24.3 Å². The fraction of sp³-hybridized carbons (Fsp3) is 0.667. The Hall–Kier alpha value is -1.64. The van der Waals surface area contributed by atoms with Gasteiger partial charge in [-0.3, -0.25) is 0 Å². The largest absolute Gasteiger partial charge is 0.338 e. The molecule has 2 amide bonds. The summed E-state index contributed by atoms with van der Waals surface area (Å²) in [6, 6.07) is 6.26. The van der Waals surface area contributed by atoms with E-state index in [2.05, 4.69) is 22.5 Å². The number of nitrogens with zero attached hydrogens (tertiary/aromatic N) is 2. The van der Waals surface area contributed by atoms with E-state index in [-0.39, 0.29) is 10.9 Å². The Bertz CT molecular complexity index is 770. The lowest BCUT2D eigenvalue weighted by Crippen LogP contribution is -2.40. The van der Waals surface area contributed by atoms with Crippen molar-refractivity contribution in [3.63, 3.8) is 0 Å². The van der Waals surface area contributed by atoms with Gasteiger partial charge >= 0.3 is 6.03 Å². The minimum atomic E-state index is -3.50. The fourth-order valence-electron chi connectivity index (χ4n) is 4.13. The second-order valence-corrected chi connectivity index (χ2v) is 10.1. The maximum absolute atomic E-state index is 12.8. The van der Waals surface area contributed by atoms with Gasteiger partial charge in [0, 0.05) is 25.3 Å². The monoisotopic (exact) mass is 422 g/mol. The van der Waals surface area contributed by atoms with E-state index in [4.69, 9.17) is 0 Å². The van der Waals surface area contributed by atoms with Crippen LogP contribution in [-0.4, -0.2) is 62.9 Å². The van der Waals surface area contributed by atoms with Gasteiger partial charge in [-0.25, -0.2) is 13.2 Å². The van der Waals surface area contributed by atoms with Crippen LogP contribution in [0.1, 0.15) is 45.4 Å². The summed E-state index contributed by atoms with van der Waals surface area (Å²) in [5, 5.41) is 5.72. The van der Waals surface area contributed by atoms with Gasteiger partial charge in [-0.2, -0.15) is 4.31 Å². The van der Waals surface area contributed by atoms with Crippen LogP contribution < -0.4 is 10.6 Å². The number of rotatable bonds is 7. The first-order chi connectivity index (χ1) is 14.0. The number of carbonyl (C=O) groups excluding carboxylic acids is 1. The van der Waals surface area contributed by atoms with Crippen molar-refractivity contribution in [2.24, 2.45) is 5.92 Å². The highest BCUT2D eigenvalue weighted by molar-refractivity contribution is 7.89. The molecule has 0 spiro atoms. The topological polar surface area (TPSA) is 81.8 Å². The van der Waals surface area contributed by atoms with Gasteiger partial charge in [0.1, 0.15) is 0 Å². The fourth-order valence-corrected chi connectivity index (χ4v) is 5.69. The lowest BCUT2D eigenvalue weighted by molar-refractivity contribution is 0.182. The molecule has 0 saturated carbocycles. The molecule has 2 N–H and O–H groups in total. The second kappa shape index (κ2) is 10.4. The number of benzene rings is 1. The van der Waals surface area contributed by atoms with E-state index in [1.165, 1.54) is 6.42 Å². The third-order valence-electron chi connectivity index (χ3n) is 5.84. The standard InChI is InChI=1S/C21H34N4O3S/c1-2-11-24-14-9-18(10-15-24)17-22-21(26)23-19-7-6-8-20(16-19)29(27,28)25-12-4-3-5-13-25/h6-8,16,18H,2-5,9-15,17H2,1H3,(H2,22,23,26). The SMILES string of the molecule is CCCN1CCC(CNC(=O)Nc2cccc(S(=O)(=O)N3CCCCC3)c2)CC1. The van der Waals surface area contributed by atoms with Gasteiger partial charge in [-0.05, 0) is 75.9 Å². The Balaban J connectivity index is 1.50. The van der Waals surface area contributed by atoms with Crippen molar-refractivity contribution in [1.82, 2.24) is 14.5 Å². The number of anilines is 1. The van der Waals surface area contributed by atoms with Crippen molar-refractivity contribution in [2.75, 3.05) is 44.6 Å². The molecule has 2 saturated heterocycles. The van der Waals surface area contributed by atoms with E-state index in [9.17, 15) is 13.2 Å². The maximum Gasteiger partial charge on any atom is 0.319 e. The minimum Gasteiger partial charge on any atom is -0.338 e. The van der Waals surface area contributed by atoms with E-state index in [1.54, 1.807) is 28.6 Å². The molecule has 0 bridgehead atoms. The van der Waals surface area contributed by atoms with E-state index < -0.39 is 10.0 Å². The first kappa shape index (κ1) is 22.1. The molecule has 0 aromatic heterocycles. The molecule has 8 heteroatoms. The van der Waals surface area contributed by atoms with E-state index in [1.807, 2.05) is 0 Å². The second-order valence-electron chi connectivity index (χ2n) is 8.11. The molecule has 0 unspecified atom stereocenters. The van der Waals surface area contributed by atoms with Gasteiger partial charge in [-0.15, -0.1) is 0 Å². The highest BCUT2D eigenvalue weighted by atomic mass is 32.2. The molecule has 2 heterocycles. The molecule has 29 heavy (non-hydrogen) atoms. The summed E-state index contributed by atoms with van der Waals surface area (Å²) in [6.07, 6.45) is 6.25. The van der Waals surface area contributed by atoms with E-state index in [0.29, 0.717) is 31.2 Å². The summed E-state index contributed by atoms with van der Waals surface area (Å²) in [5.74, 6) is 0.500. The van der Waals surface area contributed by atoms with Gasteiger partial charge in [0.15, 0.2) is 0 Å². The number of amides is 2. The number of nitrogens with one attached hydrogen (secondary N) is 2. The quantitative estimate of drug-likeness (QED) is 0.707. The molecular formula is C21H34N4O3S. The molecule has 2 fully saturated rings. The molecule has 0 aliphatic carbocycles. The number of piperidine rings is 2. The van der Waals surface area contributed by atoms with Gasteiger partial charge in [-0.1, -0.05) is 19.4 Å². The van der Waals surface area contributed by atoms with Crippen molar-refractivity contribution < 1.29 is 13.2 Å². The molecule has 2 aliphatic rings. The Labute approximate surface area is 174 Å². The zero-order valence-corrected chi connectivity index (χ0v) is 18.2. The number of carbonyl (C=O) groups is 1. The summed E-state index contributed by atoms with van der Waals surface area (Å²) in [4.78, 5) is 15.0. The smallest absolute Gasteiger partial charge is 0.319 e. The van der Waals surface area contributed by atoms with Crippen molar-refractivity contribution >= 4 is 21.7 Å². The first-order valence-electron chi connectivity index (χ1n) is 10.9. The highest BCUT2D eigenvalue weighted by Crippen LogP contribution is 2.23. The van der Waals surface area contributed by atoms with Crippen LogP contribution >= 0.6 is 0 Å². The average Bonchev–Trinajstić information content (AvgIpc) is 2.74. The molecule has 2 aliphatic heterocycles. The average molecular weight is 423 g/mol. The van der Waals surface area contributed by atoms with Crippen LogP contribution in [0.25, 0.3) is 0 Å². The van der Waals surface area contributed by atoms with Gasteiger partial charge in [0.2, 0.25) is 10.0 Å². The Morgan fingerprint density at radius 1 is 1.10 bits per heavy atom. The molecular weight excluding hydrogens is 388 g/mol. The summed E-state index contributed by atoms with van der Waals surface area (Å²) in [7, 11) is -3.50. The summed E-state index contributed by atoms with van der Waals surface area (Å²) in [5.41, 5.74) is 0.498. The third-order valence-corrected chi connectivity index (χ3v) is 7.74. The number of sulfonamides is 1. The Morgan fingerprint density at radius 2 is 1.83 bits per heavy atom. The van der Waals surface area contributed by atoms with Crippen molar-refractivity contribution in [1.29, 1.82) is 0 Å². The van der Waals surface area contributed by atoms with Crippen LogP contribution in [0.4, 0.5) is 10.5 Å². The van der Waals surface area contributed by atoms with E-state index in [0.717, 1.165) is 51.7 Å². The Kier molecular flexibility index (Phi) is 7.91. The van der Waals surface area contributed by atoms with E-state index >= 15 is 0 Å². The van der Waals surface area contributed by atoms with Crippen LogP contribution in [0.15, 0.2) is 29.2 Å². The number of hydrogen-bond donors (Lipinski definition) is 2. The number of urea groups is 1. The van der Waals surface area contributed by atoms with Crippen molar-refractivity contribution in [2.45, 2.75) is 50.3 Å². The zero-order valence-electron chi connectivity index (χ0n) is 17.4. The lowest BCUT2D eigenvalue weighted by atomic mass is 9.97. The van der Waals surface area contributed by atoms with Crippen LogP contribution in [0, 0.1) is 5.92 Å². The maximum atomic E-state index is 12.8. The Morgan fingerprint density at radius 3 is 2.52 bits per heavy atom. The van der Waals surface area contributed by atoms with Crippen LogP contribution in [-0.2, 0) is 10.0 Å². The third kappa shape index (κ3) is 6.17. The molecule has 0 atom stereocenters. The van der Waals surface area contributed by atoms with Crippen LogP contribution in [0.2, 0.25) is 0 Å².